The summed E-state index contributed by atoms with van der Waals surface area (Å²) >= 11 is 0. The normalized spacial score (nSPS) is 37.1. The van der Waals surface area contributed by atoms with E-state index in [0.29, 0.717) is 11.8 Å². The van der Waals surface area contributed by atoms with Gasteiger partial charge in [0.15, 0.2) is 0 Å². The van der Waals surface area contributed by atoms with Gasteiger partial charge in [-0.3, -0.25) is 0 Å². The fourth-order valence-corrected chi connectivity index (χ4v) is 1.44. The van der Waals surface area contributed by atoms with E-state index in [1.807, 2.05) is 13.0 Å². The minimum Gasteiger partial charge on any atom is -0.393 e. The number of aliphatic hydroxyl groups is 1. The number of aliphatic hydroxyl groups excluding tert-OH is 1. The van der Waals surface area contributed by atoms with Gasteiger partial charge >= 0.3 is 0 Å². The molecule has 0 radical (unpaired) electrons. The van der Waals surface area contributed by atoms with Crippen LogP contribution in [-0.4, -0.2) is 11.2 Å². The first-order valence-electron chi connectivity index (χ1n) is 3.56. The highest BCUT2D eigenvalue weighted by molar-refractivity contribution is 4.94. The molecule has 0 heterocycles. The Balaban J connectivity index is 2.35. The topological polar surface area (TPSA) is 20.2 Å². The van der Waals surface area contributed by atoms with Crippen LogP contribution in [0.4, 0.5) is 0 Å². The van der Waals surface area contributed by atoms with E-state index in [9.17, 15) is 0 Å². The zero-order valence-electron chi connectivity index (χ0n) is 5.88. The third-order valence-corrected chi connectivity index (χ3v) is 2.31. The summed E-state index contributed by atoms with van der Waals surface area (Å²) in [6.45, 7) is 5.57. The minimum absolute atomic E-state index is 0.137. The molecule has 1 aliphatic carbocycles. The fraction of sp³-hybridized carbons (Fsp3) is 0.750. The second-order valence-corrected chi connectivity index (χ2v) is 2.88. The van der Waals surface area contributed by atoms with E-state index in [4.69, 9.17) is 5.11 Å². The van der Waals surface area contributed by atoms with Gasteiger partial charge in [0.2, 0.25) is 0 Å². The summed E-state index contributed by atoms with van der Waals surface area (Å²) in [7, 11) is 0. The molecule has 1 nitrogen and oxygen atoms in total. The molecule has 0 aromatic carbocycles. The predicted molar refractivity (Wildman–Crippen MR) is 38.1 cm³/mol. The van der Waals surface area contributed by atoms with Gasteiger partial charge in [-0.2, -0.15) is 0 Å². The first-order chi connectivity index (χ1) is 4.25. The Morgan fingerprint density at radius 2 is 2.33 bits per heavy atom. The van der Waals surface area contributed by atoms with Gasteiger partial charge in [-0.1, -0.05) is 6.08 Å². The highest BCUT2D eigenvalue weighted by Crippen LogP contribution is 2.37. The Hall–Kier alpha value is -0.300. The Morgan fingerprint density at radius 3 is 2.44 bits per heavy atom. The molecular formula is C8H14O. The lowest BCUT2D eigenvalue weighted by Gasteiger charge is -2.36. The predicted octanol–water partition coefficient (Wildman–Crippen LogP) is 1.58. The first kappa shape index (κ1) is 6.81. The van der Waals surface area contributed by atoms with E-state index in [-0.39, 0.29) is 6.10 Å². The maximum atomic E-state index is 9.13. The number of allylic oxidation sites excluding steroid dienone is 1. The minimum atomic E-state index is -0.137. The van der Waals surface area contributed by atoms with E-state index in [0.717, 1.165) is 0 Å². The van der Waals surface area contributed by atoms with E-state index < -0.39 is 0 Å². The summed E-state index contributed by atoms with van der Waals surface area (Å²) in [5, 5.41) is 9.13. The van der Waals surface area contributed by atoms with E-state index in [2.05, 4.69) is 6.58 Å². The van der Waals surface area contributed by atoms with Crippen LogP contribution >= 0.6 is 0 Å². The van der Waals surface area contributed by atoms with Gasteiger partial charge in [0.05, 0.1) is 6.10 Å². The third-order valence-electron chi connectivity index (χ3n) is 2.31. The standard InChI is InChI=1S/C8H14O/c1-3-7-4-5-8(7)6(2)9/h3,6-9H,1,4-5H2,2H3. The summed E-state index contributed by atoms with van der Waals surface area (Å²) in [5.74, 6) is 1.09. The van der Waals surface area contributed by atoms with E-state index in [1.165, 1.54) is 12.8 Å². The van der Waals surface area contributed by atoms with Gasteiger partial charge in [-0.25, -0.2) is 0 Å². The van der Waals surface area contributed by atoms with Crippen LogP contribution in [0.3, 0.4) is 0 Å². The molecule has 0 saturated heterocycles. The molecule has 0 aromatic rings. The smallest absolute Gasteiger partial charge is 0.0545 e. The average Bonchev–Trinajstić information content (AvgIpc) is 1.61. The van der Waals surface area contributed by atoms with Crippen LogP contribution < -0.4 is 0 Å². The maximum Gasteiger partial charge on any atom is 0.0545 e. The molecule has 1 rings (SSSR count). The molecule has 3 unspecified atom stereocenters. The van der Waals surface area contributed by atoms with Crippen molar-refractivity contribution in [3.05, 3.63) is 12.7 Å². The molecule has 1 N–H and O–H groups in total. The molecule has 1 saturated carbocycles. The lowest BCUT2D eigenvalue weighted by Crippen LogP contribution is -2.32. The van der Waals surface area contributed by atoms with Gasteiger partial charge in [0, 0.05) is 0 Å². The number of hydrogen-bond donors (Lipinski definition) is 1. The van der Waals surface area contributed by atoms with Crippen LogP contribution in [0.15, 0.2) is 12.7 Å². The third kappa shape index (κ3) is 1.16. The average molecular weight is 126 g/mol. The zero-order valence-corrected chi connectivity index (χ0v) is 5.88. The van der Waals surface area contributed by atoms with Crippen molar-refractivity contribution < 1.29 is 5.11 Å². The summed E-state index contributed by atoms with van der Waals surface area (Å²) in [4.78, 5) is 0. The quantitative estimate of drug-likeness (QED) is 0.557. The molecule has 1 aliphatic rings. The largest absolute Gasteiger partial charge is 0.393 e. The lowest BCUT2D eigenvalue weighted by molar-refractivity contribution is 0.0458. The van der Waals surface area contributed by atoms with Gasteiger partial charge < -0.3 is 5.11 Å². The fourth-order valence-electron chi connectivity index (χ4n) is 1.44. The van der Waals surface area contributed by atoms with Crippen LogP contribution in [0.1, 0.15) is 19.8 Å². The van der Waals surface area contributed by atoms with Gasteiger partial charge in [-0.05, 0) is 31.6 Å². The second kappa shape index (κ2) is 2.53. The Kier molecular flexibility index (Phi) is 1.91. The molecule has 0 aliphatic heterocycles. The van der Waals surface area contributed by atoms with Crippen LogP contribution in [-0.2, 0) is 0 Å². The van der Waals surface area contributed by atoms with Crippen LogP contribution in [0.25, 0.3) is 0 Å². The second-order valence-electron chi connectivity index (χ2n) is 2.88. The molecule has 9 heavy (non-hydrogen) atoms. The van der Waals surface area contributed by atoms with Crippen molar-refractivity contribution in [1.82, 2.24) is 0 Å². The molecule has 1 heteroatoms. The Bertz CT molecular complexity index is 107. The Labute approximate surface area is 56.4 Å². The molecular weight excluding hydrogens is 112 g/mol. The van der Waals surface area contributed by atoms with Crippen molar-refractivity contribution in [2.75, 3.05) is 0 Å². The van der Waals surface area contributed by atoms with Crippen molar-refractivity contribution in [2.24, 2.45) is 11.8 Å². The summed E-state index contributed by atoms with van der Waals surface area (Å²) in [5.41, 5.74) is 0. The van der Waals surface area contributed by atoms with Gasteiger partial charge in [0.25, 0.3) is 0 Å². The molecule has 0 aromatic heterocycles. The Morgan fingerprint density at radius 1 is 1.67 bits per heavy atom. The number of rotatable bonds is 2. The molecule has 52 valence electrons. The highest BCUT2D eigenvalue weighted by Gasteiger charge is 2.31. The molecule has 0 spiro atoms. The SMILES string of the molecule is C=CC1CCC1C(C)O. The summed E-state index contributed by atoms with van der Waals surface area (Å²) < 4.78 is 0. The maximum absolute atomic E-state index is 9.13. The van der Waals surface area contributed by atoms with Crippen molar-refractivity contribution in [1.29, 1.82) is 0 Å². The monoisotopic (exact) mass is 126 g/mol. The molecule has 0 amide bonds. The van der Waals surface area contributed by atoms with E-state index in [1.54, 1.807) is 0 Å². The van der Waals surface area contributed by atoms with E-state index >= 15 is 0 Å². The highest BCUT2D eigenvalue weighted by atomic mass is 16.3. The van der Waals surface area contributed by atoms with Crippen LogP contribution in [0, 0.1) is 11.8 Å². The van der Waals surface area contributed by atoms with Crippen LogP contribution in [0.5, 0.6) is 0 Å². The van der Waals surface area contributed by atoms with Crippen molar-refractivity contribution >= 4 is 0 Å². The molecule has 1 fully saturated rings. The van der Waals surface area contributed by atoms with Crippen molar-refractivity contribution in [3.8, 4) is 0 Å². The lowest BCUT2D eigenvalue weighted by atomic mass is 9.71. The van der Waals surface area contributed by atoms with Crippen molar-refractivity contribution in [2.45, 2.75) is 25.9 Å². The van der Waals surface area contributed by atoms with Crippen LogP contribution in [0.2, 0.25) is 0 Å². The zero-order chi connectivity index (χ0) is 6.85. The molecule has 3 atom stereocenters. The van der Waals surface area contributed by atoms with Crippen molar-refractivity contribution in [3.63, 3.8) is 0 Å². The molecule has 0 bridgehead atoms. The summed E-state index contributed by atoms with van der Waals surface area (Å²) in [6.07, 6.45) is 4.22. The number of hydrogen-bond acceptors (Lipinski definition) is 1. The first-order valence-corrected chi connectivity index (χ1v) is 3.56. The van der Waals surface area contributed by atoms with Gasteiger partial charge in [0.1, 0.15) is 0 Å². The van der Waals surface area contributed by atoms with Gasteiger partial charge in [-0.15, -0.1) is 6.58 Å². The summed E-state index contributed by atoms with van der Waals surface area (Å²) in [6, 6.07) is 0.